The molecule has 0 aliphatic heterocycles. The molecule has 0 spiro atoms. The van der Waals surface area contributed by atoms with Gasteiger partial charge in [0.1, 0.15) is 0 Å². The summed E-state index contributed by atoms with van der Waals surface area (Å²) in [6.07, 6.45) is 1.23. The first kappa shape index (κ1) is 13.4. The van der Waals surface area contributed by atoms with Crippen molar-refractivity contribution in [2.24, 2.45) is 0 Å². The Morgan fingerprint density at radius 3 is 2.64 bits per heavy atom. The van der Waals surface area contributed by atoms with Gasteiger partial charge in [-0.05, 0) is 26.3 Å². The quantitative estimate of drug-likeness (QED) is 0.580. The predicted octanol–water partition coefficient (Wildman–Crippen LogP) is 0.215. The number of nitrogens with zero attached hydrogens (tertiary/aromatic N) is 1. The smallest absolute Gasteiger partial charge is 0.236 e. The van der Waals surface area contributed by atoms with Gasteiger partial charge in [0, 0.05) is 13.6 Å². The second-order valence-corrected chi connectivity index (χ2v) is 3.44. The fraction of sp³-hybridized carbons (Fsp3) is 0.900. The van der Waals surface area contributed by atoms with E-state index >= 15 is 0 Å². The third-order valence-electron chi connectivity index (χ3n) is 2.30. The number of carbonyl (C=O) groups excluding carboxylic acids is 1. The maximum atomic E-state index is 11.3. The SMILES string of the molecule is CCC(O)CCNCC(=O)N(C)CC. The van der Waals surface area contributed by atoms with E-state index in [-0.39, 0.29) is 12.0 Å². The van der Waals surface area contributed by atoms with Crippen molar-refractivity contribution in [1.29, 1.82) is 0 Å². The molecule has 14 heavy (non-hydrogen) atoms. The van der Waals surface area contributed by atoms with Crippen molar-refractivity contribution in [3.63, 3.8) is 0 Å². The molecular formula is C10H22N2O2. The lowest BCUT2D eigenvalue weighted by atomic mass is 10.2. The molecule has 4 nitrogen and oxygen atoms in total. The number of hydrogen-bond acceptors (Lipinski definition) is 3. The number of aliphatic hydroxyl groups excluding tert-OH is 1. The largest absolute Gasteiger partial charge is 0.393 e. The first-order valence-electron chi connectivity index (χ1n) is 5.24. The summed E-state index contributed by atoms with van der Waals surface area (Å²) in [6.45, 7) is 5.68. The molecule has 0 aromatic rings. The number of hydrogen-bond donors (Lipinski definition) is 2. The average molecular weight is 202 g/mol. The Labute approximate surface area is 86.3 Å². The van der Waals surface area contributed by atoms with E-state index in [2.05, 4.69) is 5.32 Å². The third kappa shape index (κ3) is 5.94. The lowest BCUT2D eigenvalue weighted by molar-refractivity contribution is -0.128. The Hall–Kier alpha value is -0.610. The molecule has 0 rings (SSSR count). The van der Waals surface area contributed by atoms with Crippen LogP contribution in [0.25, 0.3) is 0 Å². The van der Waals surface area contributed by atoms with Gasteiger partial charge in [-0.1, -0.05) is 6.92 Å². The van der Waals surface area contributed by atoms with E-state index in [1.165, 1.54) is 0 Å². The van der Waals surface area contributed by atoms with Crippen LogP contribution in [0.4, 0.5) is 0 Å². The molecule has 0 aliphatic carbocycles. The van der Waals surface area contributed by atoms with Crippen LogP contribution in [0.5, 0.6) is 0 Å². The molecule has 0 bridgehead atoms. The number of carbonyl (C=O) groups is 1. The zero-order valence-corrected chi connectivity index (χ0v) is 9.42. The highest BCUT2D eigenvalue weighted by Crippen LogP contribution is 1.94. The molecule has 0 saturated carbocycles. The summed E-state index contributed by atoms with van der Waals surface area (Å²) < 4.78 is 0. The Morgan fingerprint density at radius 1 is 1.50 bits per heavy atom. The Kier molecular flexibility index (Phi) is 7.42. The number of likely N-dealkylation sites (N-methyl/N-ethyl adjacent to an activating group) is 1. The van der Waals surface area contributed by atoms with E-state index in [9.17, 15) is 9.90 Å². The van der Waals surface area contributed by atoms with Gasteiger partial charge in [0.2, 0.25) is 5.91 Å². The highest BCUT2D eigenvalue weighted by Gasteiger charge is 2.05. The molecule has 84 valence electrons. The van der Waals surface area contributed by atoms with Gasteiger partial charge in [-0.15, -0.1) is 0 Å². The molecular weight excluding hydrogens is 180 g/mol. The molecule has 0 fully saturated rings. The maximum Gasteiger partial charge on any atom is 0.236 e. The molecule has 2 N–H and O–H groups in total. The molecule has 0 radical (unpaired) electrons. The fourth-order valence-electron chi connectivity index (χ4n) is 0.979. The maximum absolute atomic E-state index is 11.3. The van der Waals surface area contributed by atoms with Gasteiger partial charge < -0.3 is 15.3 Å². The van der Waals surface area contributed by atoms with E-state index in [0.29, 0.717) is 19.5 Å². The standard InChI is InChI=1S/C10H22N2O2/c1-4-9(13)6-7-11-8-10(14)12(3)5-2/h9,11,13H,4-8H2,1-3H3. The number of amides is 1. The van der Waals surface area contributed by atoms with Crippen LogP contribution in [0, 0.1) is 0 Å². The van der Waals surface area contributed by atoms with Gasteiger partial charge in [-0.2, -0.15) is 0 Å². The third-order valence-corrected chi connectivity index (χ3v) is 2.30. The van der Waals surface area contributed by atoms with Crippen LogP contribution in [0.2, 0.25) is 0 Å². The summed E-state index contributed by atoms with van der Waals surface area (Å²) in [5, 5.41) is 12.3. The first-order valence-corrected chi connectivity index (χ1v) is 5.24. The van der Waals surface area contributed by atoms with Crippen LogP contribution < -0.4 is 5.32 Å². The number of aliphatic hydroxyl groups is 1. The van der Waals surface area contributed by atoms with Crippen molar-refractivity contribution >= 4 is 5.91 Å². The molecule has 1 atom stereocenters. The molecule has 0 heterocycles. The summed E-state index contributed by atoms with van der Waals surface area (Å²) in [5.74, 6) is 0.0958. The minimum absolute atomic E-state index is 0.0958. The van der Waals surface area contributed by atoms with E-state index in [1.807, 2.05) is 13.8 Å². The summed E-state index contributed by atoms with van der Waals surface area (Å²) in [5.41, 5.74) is 0. The average Bonchev–Trinajstić information content (AvgIpc) is 2.22. The van der Waals surface area contributed by atoms with Gasteiger partial charge in [0.25, 0.3) is 0 Å². The highest BCUT2D eigenvalue weighted by molar-refractivity contribution is 5.77. The molecule has 1 amide bonds. The lowest BCUT2D eigenvalue weighted by Crippen LogP contribution is -2.36. The zero-order valence-electron chi connectivity index (χ0n) is 9.42. The normalized spacial score (nSPS) is 12.6. The van der Waals surface area contributed by atoms with Crippen LogP contribution in [0.1, 0.15) is 26.7 Å². The van der Waals surface area contributed by atoms with Gasteiger partial charge in [0.15, 0.2) is 0 Å². The van der Waals surface area contributed by atoms with Gasteiger partial charge in [-0.25, -0.2) is 0 Å². The molecule has 1 unspecified atom stereocenters. The van der Waals surface area contributed by atoms with Crippen molar-refractivity contribution in [2.75, 3.05) is 26.7 Å². The minimum Gasteiger partial charge on any atom is -0.393 e. The van der Waals surface area contributed by atoms with Crippen molar-refractivity contribution in [1.82, 2.24) is 10.2 Å². The molecule has 0 aromatic carbocycles. The predicted molar refractivity (Wildman–Crippen MR) is 57.1 cm³/mol. The van der Waals surface area contributed by atoms with Crippen molar-refractivity contribution in [3.05, 3.63) is 0 Å². The van der Waals surface area contributed by atoms with Crippen LogP contribution in [0.3, 0.4) is 0 Å². The zero-order chi connectivity index (χ0) is 11.0. The van der Waals surface area contributed by atoms with Crippen molar-refractivity contribution in [2.45, 2.75) is 32.8 Å². The van der Waals surface area contributed by atoms with Crippen LogP contribution >= 0.6 is 0 Å². The van der Waals surface area contributed by atoms with Crippen molar-refractivity contribution in [3.8, 4) is 0 Å². The van der Waals surface area contributed by atoms with Crippen LogP contribution in [-0.4, -0.2) is 48.7 Å². The Balaban J connectivity index is 3.40. The first-order chi connectivity index (χ1) is 6.61. The van der Waals surface area contributed by atoms with Crippen LogP contribution in [-0.2, 0) is 4.79 Å². The second kappa shape index (κ2) is 7.76. The van der Waals surface area contributed by atoms with E-state index in [1.54, 1.807) is 11.9 Å². The Morgan fingerprint density at radius 2 is 2.14 bits per heavy atom. The minimum atomic E-state index is -0.249. The van der Waals surface area contributed by atoms with E-state index < -0.39 is 0 Å². The van der Waals surface area contributed by atoms with Crippen LogP contribution in [0.15, 0.2) is 0 Å². The lowest BCUT2D eigenvalue weighted by Gasteiger charge is -2.15. The monoisotopic (exact) mass is 202 g/mol. The molecule has 0 aliphatic rings. The highest BCUT2D eigenvalue weighted by atomic mass is 16.3. The van der Waals surface area contributed by atoms with Gasteiger partial charge in [0.05, 0.1) is 12.6 Å². The van der Waals surface area contributed by atoms with E-state index in [4.69, 9.17) is 0 Å². The molecule has 0 saturated heterocycles. The second-order valence-electron chi connectivity index (χ2n) is 3.44. The summed E-state index contributed by atoms with van der Waals surface area (Å²) in [4.78, 5) is 13.0. The summed E-state index contributed by atoms with van der Waals surface area (Å²) in [6, 6.07) is 0. The topological polar surface area (TPSA) is 52.6 Å². The number of rotatable bonds is 7. The molecule has 4 heteroatoms. The van der Waals surface area contributed by atoms with Gasteiger partial charge in [-0.3, -0.25) is 4.79 Å². The molecule has 0 aromatic heterocycles. The fourth-order valence-corrected chi connectivity index (χ4v) is 0.979. The summed E-state index contributed by atoms with van der Waals surface area (Å²) in [7, 11) is 1.78. The van der Waals surface area contributed by atoms with E-state index in [0.717, 1.165) is 13.0 Å². The summed E-state index contributed by atoms with van der Waals surface area (Å²) >= 11 is 0. The van der Waals surface area contributed by atoms with Gasteiger partial charge >= 0.3 is 0 Å². The Bertz CT molecular complexity index is 162. The van der Waals surface area contributed by atoms with Crippen molar-refractivity contribution < 1.29 is 9.90 Å². The number of nitrogens with one attached hydrogen (secondary N) is 1.